The van der Waals surface area contributed by atoms with Gasteiger partial charge in [0.25, 0.3) is 5.22 Å². The van der Waals surface area contributed by atoms with Crippen LogP contribution in [0.15, 0.2) is 52.1 Å². The van der Waals surface area contributed by atoms with Gasteiger partial charge < -0.3 is 23.9 Å². The molecular formula is C21H20F3N3O5S. The molecule has 1 amide bonds. The first-order valence-corrected chi connectivity index (χ1v) is 10.5. The van der Waals surface area contributed by atoms with Crippen LogP contribution in [0, 0.1) is 0 Å². The summed E-state index contributed by atoms with van der Waals surface area (Å²) < 4.78 is 60.2. The molecule has 2 aromatic carbocycles. The SMILES string of the molecule is COCCOc1ccc(C(F)(F)F)cc1NC(=O)CSc1nnc(-c2ccc(OC)cc2)o1. The molecule has 0 fully saturated rings. The lowest BCUT2D eigenvalue weighted by molar-refractivity contribution is -0.137. The summed E-state index contributed by atoms with van der Waals surface area (Å²) in [6.07, 6.45) is -4.57. The van der Waals surface area contributed by atoms with Gasteiger partial charge in [0.2, 0.25) is 11.8 Å². The van der Waals surface area contributed by atoms with Crippen LogP contribution >= 0.6 is 11.8 Å². The van der Waals surface area contributed by atoms with E-state index in [0.717, 1.165) is 30.0 Å². The second kappa shape index (κ2) is 11.1. The molecule has 0 atom stereocenters. The summed E-state index contributed by atoms with van der Waals surface area (Å²) in [5.41, 5.74) is -0.344. The van der Waals surface area contributed by atoms with Crippen molar-refractivity contribution < 1.29 is 36.6 Å². The predicted molar refractivity (Wildman–Crippen MR) is 114 cm³/mol. The average Bonchev–Trinajstić information content (AvgIpc) is 3.27. The summed E-state index contributed by atoms with van der Waals surface area (Å²) in [4.78, 5) is 12.4. The maximum Gasteiger partial charge on any atom is 0.416 e. The molecule has 0 saturated carbocycles. The fraction of sp³-hybridized carbons (Fsp3) is 0.286. The summed E-state index contributed by atoms with van der Waals surface area (Å²) in [6, 6.07) is 9.81. The molecule has 176 valence electrons. The first kappa shape index (κ1) is 24.4. The van der Waals surface area contributed by atoms with E-state index in [1.165, 1.54) is 7.11 Å². The second-order valence-electron chi connectivity index (χ2n) is 6.49. The van der Waals surface area contributed by atoms with Gasteiger partial charge in [-0.05, 0) is 42.5 Å². The van der Waals surface area contributed by atoms with Crippen LogP contribution in [0.5, 0.6) is 11.5 Å². The van der Waals surface area contributed by atoms with Gasteiger partial charge >= 0.3 is 6.18 Å². The van der Waals surface area contributed by atoms with Gasteiger partial charge in [0, 0.05) is 12.7 Å². The number of alkyl halides is 3. The van der Waals surface area contributed by atoms with Gasteiger partial charge in [-0.15, -0.1) is 10.2 Å². The number of rotatable bonds is 10. The van der Waals surface area contributed by atoms with Gasteiger partial charge in [0.15, 0.2) is 0 Å². The Bertz CT molecular complexity index is 1070. The molecule has 0 unspecified atom stereocenters. The van der Waals surface area contributed by atoms with E-state index in [0.29, 0.717) is 11.3 Å². The molecule has 1 N–H and O–H groups in total. The molecule has 0 aliphatic carbocycles. The Labute approximate surface area is 191 Å². The molecule has 8 nitrogen and oxygen atoms in total. The topological polar surface area (TPSA) is 95.7 Å². The van der Waals surface area contributed by atoms with Gasteiger partial charge in [-0.1, -0.05) is 11.8 Å². The number of amides is 1. The largest absolute Gasteiger partial charge is 0.497 e. The van der Waals surface area contributed by atoms with Crippen molar-refractivity contribution in [2.75, 3.05) is 38.5 Å². The van der Waals surface area contributed by atoms with Crippen LogP contribution in [-0.2, 0) is 15.7 Å². The monoisotopic (exact) mass is 483 g/mol. The standard InChI is InChI=1S/C21H20F3N3O5S/c1-29-9-10-31-17-8-5-14(21(22,23)24)11-16(17)25-18(28)12-33-20-27-26-19(32-20)13-3-6-15(30-2)7-4-13/h3-8,11H,9-10,12H2,1-2H3,(H,25,28). The highest BCUT2D eigenvalue weighted by molar-refractivity contribution is 7.99. The summed E-state index contributed by atoms with van der Waals surface area (Å²) in [6.45, 7) is 0.341. The van der Waals surface area contributed by atoms with Crippen molar-refractivity contribution in [1.29, 1.82) is 0 Å². The third-order valence-electron chi connectivity index (χ3n) is 4.20. The first-order valence-electron chi connectivity index (χ1n) is 9.53. The molecule has 3 aromatic rings. The zero-order valence-corrected chi connectivity index (χ0v) is 18.5. The third kappa shape index (κ3) is 6.86. The van der Waals surface area contributed by atoms with Crippen molar-refractivity contribution in [1.82, 2.24) is 10.2 Å². The highest BCUT2D eigenvalue weighted by atomic mass is 32.2. The van der Waals surface area contributed by atoms with Crippen molar-refractivity contribution >= 4 is 23.4 Å². The number of nitrogens with zero attached hydrogens (tertiary/aromatic N) is 2. The van der Waals surface area contributed by atoms with E-state index in [2.05, 4.69) is 15.5 Å². The number of nitrogens with one attached hydrogen (secondary N) is 1. The van der Waals surface area contributed by atoms with Crippen LogP contribution in [0.2, 0.25) is 0 Å². The number of benzene rings is 2. The molecule has 0 saturated heterocycles. The van der Waals surface area contributed by atoms with Gasteiger partial charge in [-0.25, -0.2) is 0 Å². The summed E-state index contributed by atoms with van der Waals surface area (Å²) in [5.74, 6) is 0.285. The minimum absolute atomic E-state index is 0.0954. The van der Waals surface area contributed by atoms with Crippen LogP contribution < -0.4 is 14.8 Å². The van der Waals surface area contributed by atoms with E-state index >= 15 is 0 Å². The van der Waals surface area contributed by atoms with Crippen LogP contribution in [0.4, 0.5) is 18.9 Å². The van der Waals surface area contributed by atoms with E-state index in [9.17, 15) is 18.0 Å². The molecule has 0 aliphatic heterocycles. The number of hydrogen-bond donors (Lipinski definition) is 1. The number of anilines is 1. The first-order chi connectivity index (χ1) is 15.8. The second-order valence-corrected chi connectivity index (χ2v) is 7.42. The van der Waals surface area contributed by atoms with Gasteiger partial charge in [-0.3, -0.25) is 4.79 Å². The van der Waals surface area contributed by atoms with E-state index < -0.39 is 17.6 Å². The molecular weight excluding hydrogens is 463 g/mol. The molecule has 1 heterocycles. The number of aromatic nitrogens is 2. The third-order valence-corrected chi connectivity index (χ3v) is 5.01. The van der Waals surface area contributed by atoms with Crippen molar-refractivity contribution in [2.45, 2.75) is 11.4 Å². The number of carbonyl (C=O) groups excluding carboxylic acids is 1. The fourth-order valence-corrected chi connectivity index (χ4v) is 3.16. The van der Waals surface area contributed by atoms with Crippen molar-refractivity contribution in [3.8, 4) is 23.0 Å². The van der Waals surface area contributed by atoms with E-state index in [1.54, 1.807) is 31.4 Å². The molecule has 3 rings (SSSR count). The Morgan fingerprint density at radius 3 is 2.52 bits per heavy atom. The number of carbonyl (C=O) groups is 1. The Morgan fingerprint density at radius 2 is 1.85 bits per heavy atom. The lowest BCUT2D eigenvalue weighted by atomic mass is 10.1. The molecule has 12 heteroatoms. The smallest absolute Gasteiger partial charge is 0.416 e. The van der Waals surface area contributed by atoms with E-state index in [1.807, 2.05) is 0 Å². The normalized spacial score (nSPS) is 11.3. The minimum atomic E-state index is -4.57. The Kier molecular flexibility index (Phi) is 8.17. The number of ether oxygens (including phenoxy) is 3. The lowest BCUT2D eigenvalue weighted by Gasteiger charge is -2.15. The van der Waals surface area contributed by atoms with Crippen molar-refractivity contribution in [3.63, 3.8) is 0 Å². The lowest BCUT2D eigenvalue weighted by Crippen LogP contribution is -2.17. The van der Waals surface area contributed by atoms with Crippen LogP contribution in [0.3, 0.4) is 0 Å². The number of halogens is 3. The number of thioether (sulfide) groups is 1. The molecule has 33 heavy (non-hydrogen) atoms. The van der Waals surface area contributed by atoms with Gasteiger partial charge in [0.1, 0.15) is 18.1 Å². The highest BCUT2D eigenvalue weighted by Crippen LogP contribution is 2.35. The summed E-state index contributed by atoms with van der Waals surface area (Å²) in [5, 5.41) is 10.4. The maximum absolute atomic E-state index is 13.1. The van der Waals surface area contributed by atoms with Gasteiger partial charge in [0.05, 0.1) is 30.7 Å². The van der Waals surface area contributed by atoms with Crippen molar-refractivity contribution in [3.05, 3.63) is 48.0 Å². The van der Waals surface area contributed by atoms with Crippen molar-refractivity contribution in [2.24, 2.45) is 0 Å². The fourth-order valence-electron chi connectivity index (χ4n) is 2.60. The zero-order chi connectivity index (χ0) is 23.8. The molecule has 0 aliphatic rings. The Balaban J connectivity index is 1.64. The summed E-state index contributed by atoms with van der Waals surface area (Å²) in [7, 11) is 3.02. The van der Waals surface area contributed by atoms with Crippen LogP contribution in [-0.4, -0.2) is 49.3 Å². The van der Waals surface area contributed by atoms with Gasteiger partial charge in [-0.2, -0.15) is 13.2 Å². The molecule has 0 radical (unpaired) electrons. The Hall–Kier alpha value is -3.25. The maximum atomic E-state index is 13.1. The highest BCUT2D eigenvalue weighted by Gasteiger charge is 2.31. The van der Waals surface area contributed by atoms with Crippen LogP contribution in [0.25, 0.3) is 11.5 Å². The quantitative estimate of drug-likeness (QED) is 0.332. The van der Waals surface area contributed by atoms with Crippen LogP contribution in [0.1, 0.15) is 5.56 Å². The molecule has 0 spiro atoms. The Morgan fingerprint density at radius 1 is 1.09 bits per heavy atom. The molecule has 1 aromatic heterocycles. The number of hydrogen-bond acceptors (Lipinski definition) is 8. The number of methoxy groups -OCH3 is 2. The van der Waals surface area contributed by atoms with E-state index in [-0.39, 0.29) is 41.5 Å². The zero-order valence-electron chi connectivity index (χ0n) is 17.6. The molecule has 0 bridgehead atoms. The van der Waals surface area contributed by atoms with E-state index in [4.69, 9.17) is 18.6 Å². The minimum Gasteiger partial charge on any atom is -0.497 e. The predicted octanol–water partition coefficient (Wildman–Crippen LogP) is 4.52. The summed E-state index contributed by atoms with van der Waals surface area (Å²) >= 11 is 0.948. The average molecular weight is 483 g/mol.